The molecule has 1 saturated heterocycles. The zero-order valence-electron chi connectivity index (χ0n) is 17.7. The summed E-state index contributed by atoms with van der Waals surface area (Å²) in [5, 5.41) is 0.866. The monoisotopic (exact) mass is 436 g/mol. The van der Waals surface area contributed by atoms with Crippen molar-refractivity contribution in [1.82, 2.24) is 14.5 Å². The van der Waals surface area contributed by atoms with E-state index >= 15 is 0 Å². The number of piperidine rings is 1. The highest BCUT2D eigenvalue weighted by Gasteiger charge is 2.31. The number of rotatable bonds is 3. The summed E-state index contributed by atoms with van der Waals surface area (Å²) in [5.41, 5.74) is 2.23. The third kappa shape index (κ3) is 3.72. The molecule has 4 aromatic rings. The van der Waals surface area contributed by atoms with E-state index in [1.165, 1.54) is 24.9 Å². The Hall–Kier alpha value is -3.35. The van der Waals surface area contributed by atoms with Crippen LogP contribution in [0.4, 0.5) is 19.0 Å². The Morgan fingerprint density at radius 2 is 1.81 bits per heavy atom. The summed E-state index contributed by atoms with van der Waals surface area (Å²) in [6.45, 7) is 4.03. The molecule has 32 heavy (non-hydrogen) atoms. The van der Waals surface area contributed by atoms with Crippen LogP contribution < -0.4 is 4.90 Å². The predicted octanol–water partition coefficient (Wildman–Crippen LogP) is 6.34. The smallest absolute Gasteiger partial charge is 0.356 e. The van der Waals surface area contributed by atoms with Crippen molar-refractivity contribution in [2.75, 3.05) is 18.0 Å². The molecule has 1 aliphatic heterocycles. The topological polar surface area (TPSA) is 34.0 Å². The van der Waals surface area contributed by atoms with Crippen LogP contribution in [0.1, 0.15) is 25.3 Å². The zero-order valence-corrected chi connectivity index (χ0v) is 17.7. The zero-order chi connectivity index (χ0) is 22.3. The first-order chi connectivity index (χ1) is 15.4. The molecular formula is C25H23F3N4. The van der Waals surface area contributed by atoms with Crippen LogP contribution in [0.15, 0.2) is 67.1 Å². The van der Waals surface area contributed by atoms with E-state index in [2.05, 4.69) is 21.8 Å². The Morgan fingerprint density at radius 1 is 1.00 bits per heavy atom. The average Bonchev–Trinajstić information content (AvgIpc) is 3.19. The van der Waals surface area contributed by atoms with Gasteiger partial charge in [0.05, 0.1) is 10.9 Å². The highest BCUT2D eigenvalue weighted by Crippen LogP contribution is 2.38. The lowest BCUT2D eigenvalue weighted by Gasteiger charge is -2.32. The van der Waals surface area contributed by atoms with Crippen molar-refractivity contribution in [1.29, 1.82) is 0 Å². The van der Waals surface area contributed by atoms with Crippen molar-refractivity contribution >= 4 is 16.9 Å². The minimum absolute atomic E-state index is 0.420. The number of benzene rings is 2. The van der Waals surface area contributed by atoms with Gasteiger partial charge in [-0.15, -0.1) is 0 Å². The van der Waals surface area contributed by atoms with Crippen LogP contribution in [0.2, 0.25) is 0 Å². The molecule has 0 saturated carbocycles. The summed E-state index contributed by atoms with van der Waals surface area (Å²) in [5.74, 6) is 1.39. The molecule has 164 valence electrons. The van der Waals surface area contributed by atoms with E-state index < -0.39 is 11.7 Å². The fourth-order valence-corrected chi connectivity index (χ4v) is 4.53. The van der Waals surface area contributed by atoms with Gasteiger partial charge in [-0.3, -0.25) is 0 Å². The summed E-state index contributed by atoms with van der Waals surface area (Å²) in [4.78, 5) is 11.4. The molecular weight excluding hydrogens is 413 g/mol. The highest BCUT2D eigenvalue weighted by molar-refractivity contribution is 6.02. The van der Waals surface area contributed by atoms with Gasteiger partial charge >= 0.3 is 6.18 Å². The number of hydrogen-bond acceptors (Lipinski definition) is 3. The van der Waals surface area contributed by atoms with E-state index in [4.69, 9.17) is 0 Å². The van der Waals surface area contributed by atoms with Gasteiger partial charge in [-0.1, -0.05) is 43.3 Å². The van der Waals surface area contributed by atoms with Crippen molar-refractivity contribution in [2.45, 2.75) is 25.9 Å². The molecule has 0 bridgehead atoms. The van der Waals surface area contributed by atoms with Crippen LogP contribution >= 0.6 is 0 Å². The number of anilines is 1. The summed E-state index contributed by atoms with van der Waals surface area (Å²) < 4.78 is 41.9. The van der Waals surface area contributed by atoms with E-state index in [-0.39, 0.29) is 0 Å². The molecule has 1 aliphatic rings. The van der Waals surface area contributed by atoms with Gasteiger partial charge in [0.2, 0.25) is 0 Å². The predicted molar refractivity (Wildman–Crippen MR) is 120 cm³/mol. The average molecular weight is 436 g/mol. The Kier molecular flexibility index (Phi) is 5.12. The molecule has 7 heteroatoms. The third-order valence-electron chi connectivity index (χ3n) is 6.06. The Balaban J connectivity index is 1.75. The van der Waals surface area contributed by atoms with E-state index in [1.807, 2.05) is 36.5 Å². The molecule has 3 heterocycles. The van der Waals surface area contributed by atoms with Gasteiger partial charge in [0.25, 0.3) is 0 Å². The van der Waals surface area contributed by atoms with E-state index in [0.29, 0.717) is 17.3 Å². The maximum Gasteiger partial charge on any atom is 0.416 e. The van der Waals surface area contributed by atoms with Crippen molar-refractivity contribution in [3.63, 3.8) is 0 Å². The van der Waals surface area contributed by atoms with Crippen LogP contribution in [0.25, 0.3) is 27.8 Å². The molecule has 2 aromatic heterocycles. The minimum Gasteiger partial charge on any atom is -0.356 e. The lowest BCUT2D eigenvalue weighted by Crippen LogP contribution is -2.35. The Bertz CT molecular complexity index is 1250. The Morgan fingerprint density at radius 3 is 2.56 bits per heavy atom. The quantitative estimate of drug-likeness (QED) is 0.376. The summed E-state index contributed by atoms with van der Waals surface area (Å²) in [7, 11) is 0. The number of nitrogens with zero attached hydrogens (tertiary/aromatic N) is 4. The first-order valence-electron chi connectivity index (χ1n) is 10.8. The van der Waals surface area contributed by atoms with Crippen LogP contribution in [0.3, 0.4) is 0 Å². The van der Waals surface area contributed by atoms with Gasteiger partial charge in [-0.25, -0.2) is 9.97 Å². The normalized spacial score (nSPS) is 17.1. The van der Waals surface area contributed by atoms with Crippen molar-refractivity contribution in [3.8, 4) is 16.8 Å². The molecule has 2 aromatic carbocycles. The number of halogens is 3. The number of hydrogen-bond donors (Lipinski definition) is 0. The molecule has 0 unspecified atom stereocenters. The molecule has 1 atom stereocenters. The highest BCUT2D eigenvalue weighted by atomic mass is 19.4. The van der Waals surface area contributed by atoms with Gasteiger partial charge in [0.1, 0.15) is 12.1 Å². The van der Waals surface area contributed by atoms with Crippen LogP contribution in [-0.2, 0) is 6.18 Å². The fraction of sp³-hybridized carbons (Fsp3) is 0.280. The van der Waals surface area contributed by atoms with Gasteiger partial charge in [0, 0.05) is 30.5 Å². The lowest BCUT2D eigenvalue weighted by atomic mass is 9.99. The Labute approximate surface area is 184 Å². The van der Waals surface area contributed by atoms with Gasteiger partial charge in [-0.05, 0) is 42.5 Å². The summed E-state index contributed by atoms with van der Waals surface area (Å²) in [6, 6.07) is 15.2. The van der Waals surface area contributed by atoms with E-state index in [9.17, 15) is 13.2 Å². The molecule has 0 radical (unpaired) electrons. The third-order valence-corrected chi connectivity index (χ3v) is 6.06. The lowest BCUT2D eigenvalue weighted by molar-refractivity contribution is -0.137. The summed E-state index contributed by atoms with van der Waals surface area (Å²) >= 11 is 0. The SMILES string of the molecule is C[C@H]1CCCN(c2ncnc3c2c(-c2ccccc2)cn3-c2cccc(C(F)(F)F)c2)C1. The van der Waals surface area contributed by atoms with Gasteiger partial charge in [0.15, 0.2) is 5.65 Å². The first-order valence-corrected chi connectivity index (χ1v) is 10.8. The maximum absolute atomic E-state index is 13.4. The number of aromatic nitrogens is 3. The maximum atomic E-state index is 13.4. The van der Waals surface area contributed by atoms with E-state index in [0.717, 1.165) is 47.9 Å². The van der Waals surface area contributed by atoms with Crippen LogP contribution in [-0.4, -0.2) is 27.6 Å². The molecule has 0 amide bonds. The van der Waals surface area contributed by atoms with Gasteiger partial charge in [-0.2, -0.15) is 13.2 Å². The largest absolute Gasteiger partial charge is 0.416 e. The molecule has 0 aliphatic carbocycles. The van der Waals surface area contributed by atoms with Crippen LogP contribution in [0.5, 0.6) is 0 Å². The second-order valence-electron chi connectivity index (χ2n) is 8.42. The van der Waals surface area contributed by atoms with Crippen molar-refractivity contribution in [2.24, 2.45) is 5.92 Å². The van der Waals surface area contributed by atoms with Crippen molar-refractivity contribution in [3.05, 3.63) is 72.7 Å². The van der Waals surface area contributed by atoms with Crippen molar-refractivity contribution < 1.29 is 13.2 Å². The van der Waals surface area contributed by atoms with E-state index in [1.54, 1.807) is 10.6 Å². The summed E-state index contributed by atoms with van der Waals surface area (Å²) in [6.07, 6.45) is 1.24. The second kappa shape index (κ2) is 7.97. The molecule has 0 spiro atoms. The van der Waals surface area contributed by atoms with Gasteiger partial charge < -0.3 is 9.47 Å². The number of alkyl halides is 3. The fourth-order valence-electron chi connectivity index (χ4n) is 4.53. The standard InChI is InChI=1S/C25H23F3N4/c1-17-7-6-12-31(14-17)23-22-21(18-8-3-2-4-9-18)15-32(24(22)30-16-29-23)20-11-5-10-19(13-20)25(26,27)28/h2-5,8-11,13,15-17H,6-7,12,14H2,1H3/t17-/m0/s1. The molecule has 4 nitrogen and oxygen atoms in total. The molecule has 1 fully saturated rings. The minimum atomic E-state index is -4.41. The second-order valence-corrected chi connectivity index (χ2v) is 8.42. The first kappa shape index (κ1) is 20.5. The number of fused-ring (bicyclic) bond motifs is 1. The van der Waals surface area contributed by atoms with Crippen LogP contribution in [0, 0.1) is 5.92 Å². The molecule has 0 N–H and O–H groups in total. The molecule has 5 rings (SSSR count).